The first kappa shape index (κ1) is 99.9. The summed E-state index contributed by atoms with van der Waals surface area (Å²) < 4.78 is 269. The van der Waals surface area contributed by atoms with E-state index in [1.807, 2.05) is 200 Å². The summed E-state index contributed by atoms with van der Waals surface area (Å²) in [5, 5.41) is 0. The second-order valence-corrected chi connectivity index (χ2v) is 38.8. The van der Waals surface area contributed by atoms with E-state index in [1.54, 1.807) is 31.4 Å². The van der Waals surface area contributed by atoms with E-state index in [0.717, 1.165) is 63.5 Å². The summed E-state index contributed by atoms with van der Waals surface area (Å²) in [5.41, 5.74) is -9.92. The predicted octanol–water partition coefficient (Wildman–Crippen LogP) is 32.1. The fraction of sp³-hybridized carbons (Fsp3) is 0.103. The van der Waals surface area contributed by atoms with E-state index in [4.69, 9.17) is 23.7 Å². The third kappa shape index (κ3) is 27.4. The molecule has 0 aliphatic rings. The highest BCUT2D eigenvalue weighted by atomic mass is 127. The van der Waals surface area contributed by atoms with Crippen LogP contribution in [0.4, 0.5) is 79.0 Å². The first-order valence-electron chi connectivity index (χ1n) is 41.1. The monoisotopic (exact) mass is 2040 g/mol. The Hall–Kier alpha value is -12.6. The van der Waals surface area contributed by atoms with E-state index in [9.17, 15) is 79.0 Å². The number of ether oxygens (including phenoxy) is 5. The molecule has 135 heavy (non-hydrogen) atoms. The van der Waals surface area contributed by atoms with Crippen LogP contribution < -0.4 is 23.7 Å². The van der Waals surface area contributed by atoms with Gasteiger partial charge in [-0.1, -0.05) is 158 Å². The van der Waals surface area contributed by atoms with Crippen LogP contribution in [-0.4, -0.2) is 7.11 Å². The Morgan fingerprint density at radius 1 is 0.267 bits per heavy atom. The average Bonchev–Trinajstić information content (AvgIpc) is 0.751. The molecule has 0 spiro atoms. The largest absolute Gasteiger partial charge is 0.493 e. The molecule has 16 aromatic carbocycles. The van der Waals surface area contributed by atoms with Crippen LogP contribution >= 0.6 is 22.6 Å². The lowest BCUT2D eigenvalue weighted by atomic mass is 9.96. The molecule has 0 heterocycles. The van der Waals surface area contributed by atoms with Gasteiger partial charge in [-0.05, 0) is 288 Å². The number of benzene rings is 16. The smallest absolute Gasteiger partial charge is 0.417 e. The van der Waals surface area contributed by atoms with Crippen LogP contribution in [0, 0.1) is 21.0 Å². The molecule has 16 rings (SSSR count). The summed E-state index contributed by atoms with van der Waals surface area (Å²) in [5.74, 6) is -1.40. The van der Waals surface area contributed by atoms with Crippen molar-refractivity contribution in [2.45, 2.75) is 122 Å². The van der Waals surface area contributed by atoms with Gasteiger partial charge in [-0.2, -0.15) is 65.9 Å². The minimum Gasteiger partial charge on any atom is -0.493 e. The van der Waals surface area contributed by atoms with Gasteiger partial charge in [-0.25, -0.2) is 13.2 Å². The van der Waals surface area contributed by atoms with Gasteiger partial charge in [0.05, 0.1) is 78.5 Å². The number of hydrogen-bond donors (Lipinski definition) is 0. The van der Waals surface area contributed by atoms with Gasteiger partial charge in [0.25, 0.3) is 0 Å². The Morgan fingerprint density at radius 3 is 0.844 bits per heavy atom. The molecule has 0 aliphatic heterocycles. The molecular formula is C107H79F18IO5S4+4. The van der Waals surface area contributed by atoms with E-state index in [-0.39, 0.29) is 63.5 Å². The molecule has 0 saturated heterocycles. The van der Waals surface area contributed by atoms with Crippen molar-refractivity contribution in [3.05, 3.63) is 471 Å². The zero-order chi connectivity index (χ0) is 96.0. The summed E-state index contributed by atoms with van der Waals surface area (Å²) in [4.78, 5) is 13.4. The van der Waals surface area contributed by atoms with Crippen molar-refractivity contribution in [2.75, 3.05) is 7.11 Å². The molecule has 28 heteroatoms. The minimum absolute atomic E-state index is 0.0364. The first-order chi connectivity index (χ1) is 64.6. The van der Waals surface area contributed by atoms with Crippen molar-refractivity contribution in [1.29, 1.82) is 0 Å². The molecular weight excluding hydrogens is 1960 g/mol. The second kappa shape index (κ2) is 45.6. The van der Waals surface area contributed by atoms with Gasteiger partial charge >= 0.3 is 30.9 Å². The van der Waals surface area contributed by atoms with Gasteiger partial charge in [-0.15, -0.1) is 0 Å². The standard InChI is InChI=1S/C28H18F9OS.C28H21F6OS.C26H22IO2S.C25H18F3OS/c29-26(30,31)23-15-18(16-24(27(32,33)34)25(23)28(35,36)37)17-38-19-11-13-22(14-12-19)39(20-7-3-1-4-8-20)21-9-5-2-6-10-21;1-19(20-16-21(27(29,30)31)18-22(17-20)28(32,33)34)35-23-12-14-26(15-13-23)36(24-8-4-2-5-9-24)25-10-6-3-7-11-25;1-28-25-17-16-24(18-26(25)29-19-20-12-14-21(27)15-13-20)30(22-8-4-2-5-9-22)23-10-6-3-7-11-23;26-23-15-18(16-24(27)25(23)28)17-29-19-11-13-22(14-12-19)30(20-7-3-1-4-8-20)21-9-5-2-6-10-21/h1-16H,17H2;2-19H,1H3;2-18H,19H2,1H3;1-16H,17H2/q4*+1. The maximum Gasteiger partial charge on any atom is 0.417 e. The average molecular weight is 2040 g/mol. The number of rotatable bonds is 25. The molecule has 1 unspecified atom stereocenters. The summed E-state index contributed by atoms with van der Waals surface area (Å²) in [6, 6.07) is 120. The summed E-state index contributed by atoms with van der Waals surface area (Å²) >= 11 is 2.31. The molecule has 690 valence electrons. The van der Waals surface area contributed by atoms with Crippen LogP contribution in [0.1, 0.15) is 63.1 Å². The van der Waals surface area contributed by atoms with Crippen molar-refractivity contribution in [3.8, 4) is 28.7 Å². The zero-order valence-corrected chi connectivity index (χ0v) is 76.6. The second-order valence-electron chi connectivity index (χ2n) is 29.5. The third-order valence-corrected chi connectivity index (χ3v) is 29.7. The van der Waals surface area contributed by atoms with Gasteiger partial charge < -0.3 is 23.7 Å². The molecule has 0 fully saturated rings. The van der Waals surface area contributed by atoms with Crippen LogP contribution in [0.25, 0.3) is 0 Å². The van der Waals surface area contributed by atoms with Crippen molar-refractivity contribution >= 4 is 66.2 Å². The van der Waals surface area contributed by atoms with E-state index in [1.165, 1.54) is 47.1 Å². The van der Waals surface area contributed by atoms with Crippen LogP contribution in [0.3, 0.4) is 0 Å². The van der Waals surface area contributed by atoms with Crippen molar-refractivity contribution in [2.24, 2.45) is 0 Å². The van der Waals surface area contributed by atoms with E-state index in [0.29, 0.717) is 30.2 Å². The molecule has 0 amide bonds. The Labute approximate surface area is 792 Å². The molecule has 16 aromatic rings. The number of methoxy groups -OCH3 is 1. The van der Waals surface area contributed by atoms with Gasteiger partial charge in [0, 0.05) is 9.64 Å². The highest BCUT2D eigenvalue weighted by molar-refractivity contribution is 14.1. The fourth-order valence-electron chi connectivity index (χ4n) is 13.8. The van der Waals surface area contributed by atoms with E-state index >= 15 is 0 Å². The summed E-state index contributed by atoms with van der Waals surface area (Å²) in [6.45, 7) is 1.05. The van der Waals surface area contributed by atoms with E-state index < -0.39 is 116 Å². The number of halogens is 19. The quantitative estimate of drug-likeness (QED) is 0.0247. The molecule has 0 radical (unpaired) electrons. The first-order valence-corrected chi connectivity index (χ1v) is 47.1. The fourth-order valence-corrected chi connectivity index (χ4v) is 22.5. The Bertz CT molecular complexity index is 6220. The van der Waals surface area contributed by atoms with Crippen LogP contribution in [0.2, 0.25) is 0 Å². The van der Waals surface area contributed by atoms with Crippen molar-refractivity contribution in [1.82, 2.24) is 0 Å². The topological polar surface area (TPSA) is 46.2 Å². The molecule has 0 aliphatic carbocycles. The van der Waals surface area contributed by atoms with Gasteiger partial charge in [-0.3, -0.25) is 0 Å². The molecule has 0 aromatic heterocycles. The maximum atomic E-state index is 13.4. The highest BCUT2D eigenvalue weighted by Crippen LogP contribution is 2.49. The molecule has 0 bridgehead atoms. The van der Waals surface area contributed by atoms with Crippen LogP contribution in [-0.2, 0) is 94.3 Å². The third-order valence-electron chi connectivity index (χ3n) is 20.0. The highest BCUT2D eigenvalue weighted by Gasteiger charge is 2.51. The Balaban J connectivity index is 0.000000153. The number of alkyl halides is 15. The Kier molecular flexibility index (Phi) is 33.7. The van der Waals surface area contributed by atoms with Crippen LogP contribution in [0.15, 0.2) is 459 Å². The SMILES string of the molecule is CC(Oc1ccc([S+](c2ccccc2)c2ccccc2)cc1)c1cc(C(F)(F)F)cc(C(F)(F)F)c1.COc1ccc([S+](c2ccccc2)c2ccccc2)cc1OCc1ccc(I)cc1.FC(F)(F)c1cc(COc2ccc([S+](c3ccccc3)c3ccccc3)cc2)cc(C(F)(F)F)c1C(F)(F)F.Fc1cc(COc2ccc([S+](c3ccccc3)c3ccccc3)cc2)cc(F)c1F. The van der Waals surface area contributed by atoms with Gasteiger partial charge in [0.1, 0.15) is 43.2 Å². The molecule has 5 nitrogen and oxygen atoms in total. The lowest BCUT2D eigenvalue weighted by molar-refractivity contribution is -0.174. The maximum absolute atomic E-state index is 13.4. The lowest BCUT2D eigenvalue weighted by Gasteiger charge is -2.22. The Morgan fingerprint density at radius 2 is 0.548 bits per heavy atom. The number of hydrogen-bond acceptors (Lipinski definition) is 5. The van der Waals surface area contributed by atoms with Gasteiger partial charge in [0.2, 0.25) is 0 Å². The van der Waals surface area contributed by atoms with Crippen molar-refractivity contribution in [3.63, 3.8) is 0 Å². The van der Waals surface area contributed by atoms with Crippen LogP contribution in [0.5, 0.6) is 28.7 Å². The van der Waals surface area contributed by atoms with Gasteiger partial charge in [0.15, 0.2) is 87.7 Å². The summed E-state index contributed by atoms with van der Waals surface area (Å²) in [7, 11) is 0.275. The molecule has 0 N–H and O–H groups in total. The van der Waals surface area contributed by atoms with Crippen molar-refractivity contribution < 1.29 is 103 Å². The van der Waals surface area contributed by atoms with E-state index in [2.05, 4.69) is 144 Å². The summed E-state index contributed by atoms with van der Waals surface area (Å²) in [6.07, 6.45) is -28.1. The minimum atomic E-state index is -5.88. The normalized spacial score (nSPS) is 11.9. The molecule has 1 atom stereocenters. The zero-order valence-electron chi connectivity index (χ0n) is 71.2. The predicted molar refractivity (Wildman–Crippen MR) is 498 cm³/mol. The lowest BCUT2D eigenvalue weighted by Crippen LogP contribution is -2.23. The molecule has 0 saturated carbocycles.